The minimum Gasteiger partial charge on any atom is -0.489 e. The maximum atomic E-state index is 12.9. The molecule has 9 heteroatoms. The first-order valence-electron chi connectivity index (χ1n) is 10.3. The Labute approximate surface area is 197 Å². The van der Waals surface area contributed by atoms with Crippen molar-refractivity contribution in [3.05, 3.63) is 83.4 Å². The third-order valence-electron chi connectivity index (χ3n) is 5.12. The third-order valence-corrected chi connectivity index (χ3v) is 6.53. The first-order valence-corrected chi connectivity index (χ1v) is 12.5. The Hall–Kier alpha value is -3.23. The predicted molar refractivity (Wildman–Crippen MR) is 129 cm³/mol. The van der Waals surface area contributed by atoms with E-state index in [1.165, 1.54) is 10.4 Å². The molecular weight excluding hydrogens is 464 g/mol. The number of benzene rings is 3. The summed E-state index contributed by atoms with van der Waals surface area (Å²) in [5.74, 6) is 0.591. The first kappa shape index (κ1) is 22.9. The van der Waals surface area contributed by atoms with E-state index in [0.717, 1.165) is 11.8 Å². The fourth-order valence-electron chi connectivity index (χ4n) is 3.48. The summed E-state index contributed by atoms with van der Waals surface area (Å²) >= 11 is 6.05. The Morgan fingerprint density at radius 3 is 2.55 bits per heavy atom. The van der Waals surface area contributed by atoms with E-state index in [2.05, 4.69) is 5.32 Å². The van der Waals surface area contributed by atoms with Crippen molar-refractivity contribution in [1.82, 2.24) is 0 Å². The summed E-state index contributed by atoms with van der Waals surface area (Å²) in [5, 5.41) is 3.20. The molecule has 0 bridgehead atoms. The van der Waals surface area contributed by atoms with Crippen LogP contribution < -0.4 is 19.1 Å². The van der Waals surface area contributed by atoms with Gasteiger partial charge < -0.3 is 14.8 Å². The number of hydrogen-bond donors (Lipinski definition) is 1. The zero-order valence-electron chi connectivity index (χ0n) is 17.9. The van der Waals surface area contributed by atoms with E-state index in [-0.39, 0.29) is 24.6 Å². The standard InChI is InChI=1S/C24H23ClN2O5S/c1-33(29,30)27-14-13-23(32-22-12-7-18(25)15-21(22)27)24(28)26-19-8-10-20(11-9-19)31-16-17-5-3-2-4-6-17/h2-12,15,23H,13-14,16H2,1H3,(H,26,28)/t23-/m0/s1. The van der Waals surface area contributed by atoms with Crippen LogP contribution in [0.25, 0.3) is 0 Å². The van der Waals surface area contributed by atoms with Crippen molar-refractivity contribution in [3.63, 3.8) is 0 Å². The second kappa shape index (κ2) is 9.72. The molecule has 1 heterocycles. The van der Waals surface area contributed by atoms with Gasteiger partial charge >= 0.3 is 0 Å². The molecule has 1 aliphatic rings. The van der Waals surface area contributed by atoms with Gasteiger partial charge in [0, 0.05) is 23.7 Å². The predicted octanol–water partition coefficient (Wildman–Crippen LogP) is 4.47. The number of carbonyl (C=O) groups is 1. The highest BCUT2D eigenvalue weighted by Crippen LogP contribution is 2.36. The van der Waals surface area contributed by atoms with Gasteiger partial charge in [-0.1, -0.05) is 41.9 Å². The summed E-state index contributed by atoms with van der Waals surface area (Å²) in [6, 6.07) is 21.5. The molecule has 4 rings (SSSR count). The molecular formula is C24H23ClN2O5S. The molecule has 7 nitrogen and oxygen atoms in total. The monoisotopic (exact) mass is 486 g/mol. The van der Waals surface area contributed by atoms with Crippen molar-refractivity contribution in [3.8, 4) is 11.5 Å². The number of fused-ring (bicyclic) bond motifs is 1. The minimum atomic E-state index is -3.57. The highest BCUT2D eigenvalue weighted by Gasteiger charge is 2.31. The van der Waals surface area contributed by atoms with Crippen LogP contribution in [0.1, 0.15) is 12.0 Å². The van der Waals surface area contributed by atoms with Crippen molar-refractivity contribution in [2.24, 2.45) is 0 Å². The minimum absolute atomic E-state index is 0.0938. The fourth-order valence-corrected chi connectivity index (χ4v) is 4.58. The van der Waals surface area contributed by atoms with Crippen molar-refractivity contribution in [1.29, 1.82) is 0 Å². The van der Waals surface area contributed by atoms with Crippen LogP contribution in [0.3, 0.4) is 0 Å². The summed E-state index contributed by atoms with van der Waals surface area (Å²) in [6.45, 7) is 0.541. The summed E-state index contributed by atoms with van der Waals surface area (Å²) in [4.78, 5) is 12.9. The van der Waals surface area contributed by atoms with Crippen molar-refractivity contribution in [2.75, 3.05) is 22.4 Å². The first-order chi connectivity index (χ1) is 15.8. The number of hydrogen-bond acceptors (Lipinski definition) is 5. The Kier molecular flexibility index (Phi) is 6.76. The maximum absolute atomic E-state index is 12.9. The number of halogens is 1. The lowest BCUT2D eigenvalue weighted by Gasteiger charge is -2.21. The summed E-state index contributed by atoms with van der Waals surface area (Å²) in [6.07, 6.45) is 0.425. The molecule has 33 heavy (non-hydrogen) atoms. The van der Waals surface area contributed by atoms with Gasteiger partial charge in [0.05, 0.1) is 11.9 Å². The molecule has 1 atom stereocenters. The van der Waals surface area contributed by atoms with E-state index in [1.54, 1.807) is 36.4 Å². The van der Waals surface area contributed by atoms with Gasteiger partial charge in [-0.2, -0.15) is 0 Å². The second-order valence-corrected chi connectivity index (χ2v) is 9.97. The van der Waals surface area contributed by atoms with Gasteiger partial charge in [0.15, 0.2) is 6.10 Å². The number of anilines is 2. The molecule has 1 amide bonds. The van der Waals surface area contributed by atoms with Crippen LogP contribution >= 0.6 is 11.6 Å². The maximum Gasteiger partial charge on any atom is 0.265 e. The average molecular weight is 487 g/mol. The Morgan fingerprint density at radius 1 is 1.12 bits per heavy atom. The molecule has 3 aromatic rings. The third kappa shape index (κ3) is 5.77. The number of amides is 1. The van der Waals surface area contributed by atoms with E-state index in [4.69, 9.17) is 21.1 Å². The molecule has 0 unspecified atom stereocenters. The van der Waals surface area contributed by atoms with Crippen LogP contribution in [0.2, 0.25) is 5.02 Å². The largest absolute Gasteiger partial charge is 0.489 e. The topological polar surface area (TPSA) is 84.9 Å². The average Bonchev–Trinajstić information content (AvgIpc) is 2.99. The fraction of sp³-hybridized carbons (Fsp3) is 0.208. The summed E-state index contributed by atoms with van der Waals surface area (Å²) in [5.41, 5.74) is 1.96. The number of ether oxygens (including phenoxy) is 2. The molecule has 0 aromatic heterocycles. The Bertz CT molecular complexity index is 1230. The number of sulfonamides is 1. The lowest BCUT2D eigenvalue weighted by Crippen LogP contribution is -2.35. The Balaban J connectivity index is 1.42. The molecule has 1 aliphatic heterocycles. The van der Waals surface area contributed by atoms with E-state index in [9.17, 15) is 13.2 Å². The zero-order valence-corrected chi connectivity index (χ0v) is 19.5. The molecule has 0 fully saturated rings. The van der Waals surface area contributed by atoms with Crippen LogP contribution in [0.4, 0.5) is 11.4 Å². The smallest absolute Gasteiger partial charge is 0.265 e. The molecule has 0 aliphatic carbocycles. The van der Waals surface area contributed by atoms with Gasteiger partial charge in [-0.05, 0) is 48.0 Å². The number of rotatable bonds is 6. The number of nitrogens with zero attached hydrogens (tertiary/aromatic N) is 1. The molecule has 172 valence electrons. The van der Waals surface area contributed by atoms with Gasteiger partial charge in [-0.3, -0.25) is 9.10 Å². The Morgan fingerprint density at radius 2 is 1.85 bits per heavy atom. The molecule has 3 aromatic carbocycles. The molecule has 0 radical (unpaired) electrons. The van der Waals surface area contributed by atoms with Gasteiger partial charge in [-0.25, -0.2) is 8.42 Å². The quantitative estimate of drug-likeness (QED) is 0.555. The normalized spacial score (nSPS) is 15.7. The van der Waals surface area contributed by atoms with Crippen LogP contribution in [-0.2, 0) is 21.4 Å². The highest BCUT2D eigenvalue weighted by atomic mass is 35.5. The molecule has 1 N–H and O–H groups in total. The van der Waals surface area contributed by atoms with Crippen LogP contribution in [0.5, 0.6) is 11.5 Å². The van der Waals surface area contributed by atoms with Gasteiger partial charge in [-0.15, -0.1) is 0 Å². The van der Waals surface area contributed by atoms with E-state index in [0.29, 0.717) is 28.8 Å². The van der Waals surface area contributed by atoms with Gasteiger partial charge in [0.2, 0.25) is 10.0 Å². The lowest BCUT2D eigenvalue weighted by molar-refractivity contribution is -0.122. The van der Waals surface area contributed by atoms with Crippen molar-refractivity contribution < 1.29 is 22.7 Å². The SMILES string of the molecule is CS(=O)(=O)N1CC[C@@H](C(=O)Nc2ccc(OCc3ccccc3)cc2)Oc2ccc(Cl)cc21. The van der Waals surface area contributed by atoms with E-state index < -0.39 is 16.1 Å². The number of nitrogens with one attached hydrogen (secondary N) is 1. The second-order valence-electron chi connectivity index (χ2n) is 7.63. The molecule has 0 saturated carbocycles. The lowest BCUT2D eigenvalue weighted by atomic mass is 10.2. The summed E-state index contributed by atoms with van der Waals surface area (Å²) < 4.78 is 37.4. The van der Waals surface area contributed by atoms with Crippen LogP contribution in [-0.4, -0.2) is 33.2 Å². The van der Waals surface area contributed by atoms with Gasteiger partial charge in [0.1, 0.15) is 18.1 Å². The van der Waals surface area contributed by atoms with E-state index >= 15 is 0 Å². The molecule has 0 saturated heterocycles. The van der Waals surface area contributed by atoms with E-state index in [1.807, 2.05) is 30.3 Å². The van der Waals surface area contributed by atoms with Crippen molar-refractivity contribution >= 4 is 38.9 Å². The zero-order chi connectivity index (χ0) is 23.4. The molecule has 0 spiro atoms. The summed E-state index contributed by atoms with van der Waals surface area (Å²) in [7, 11) is -3.57. The van der Waals surface area contributed by atoms with Crippen LogP contribution in [0.15, 0.2) is 72.8 Å². The highest BCUT2D eigenvalue weighted by molar-refractivity contribution is 7.92. The van der Waals surface area contributed by atoms with Gasteiger partial charge in [0.25, 0.3) is 5.91 Å². The van der Waals surface area contributed by atoms with Crippen molar-refractivity contribution in [2.45, 2.75) is 19.1 Å². The van der Waals surface area contributed by atoms with Crippen LogP contribution in [0, 0.1) is 0 Å². The number of carbonyl (C=O) groups excluding carboxylic acids is 1.